The molecule has 0 aliphatic rings. The Morgan fingerprint density at radius 1 is 0.759 bits per heavy atom. The van der Waals surface area contributed by atoms with Gasteiger partial charge >= 0.3 is 5.97 Å². The summed E-state index contributed by atoms with van der Waals surface area (Å²) < 4.78 is 5.31. The third-order valence-electron chi connectivity index (χ3n) is 5.33. The lowest BCUT2D eigenvalue weighted by Gasteiger charge is -2.34. The minimum absolute atomic E-state index is 0.303. The third-order valence-corrected chi connectivity index (χ3v) is 10.4. The lowest BCUT2D eigenvalue weighted by atomic mass is 10.3. The topological polar surface area (TPSA) is 26.3 Å². The van der Waals surface area contributed by atoms with Crippen LogP contribution in [0.5, 0.6) is 0 Å². The predicted molar refractivity (Wildman–Crippen MR) is 124 cm³/mol. The summed E-state index contributed by atoms with van der Waals surface area (Å²) in [4.78, 5) is 11.7. The molecular weight excluding hydrogens is 372 g/mol. The number of carbonyl (C=O) groups is 1. The van der Waals surface area contributed by atoms with Gasteiger partial charge in [0.2, 0.25) is 0 Å². The number of carbonyl (C=O) groups excluding carboxylic acids is 1. The van der Waals surface area contributed by atoms with Crippen molar-refractivity contribution in [3.63, 3.8) is 0 Å². The molecule has 0 saturated heterocycles. The fourth-order valence-electron chi connectivity index (χ4n) is 3.88. The van der Waals surface area contributed by atoms with Crippen molar-refractivity contribution in [3.8, 4) is 0 Å². The minimum atomic E-state index is -2.18. The van der Waals surface area contributed by atoms with E-state index in [0.29, 0.717) is 12.2 Å². The van der Waals surface area contributed by atoms with Gasteiger partial charge in [-0.25, -0.2) is 4.79 Å². The molecule has 29 heavy (non-hydrogen) atoms. The van der Waals surface area contributed by atoms with E-state index in [2.05, 4.69) is 97.6 Å². The lowest BCUT2D eigenvalue weighted by Crippen LogP contribution is -2.66. The molecule has 0 heterocycles. The molecule has 3 aromatic rings. The van der Waals surface area contributed by atoms with Gasteiger partial charge < -0.3 is 4.74 Å². The highest BCUT2D eigenvalue weighted by Crippen LogP contribution is 2.16. The molecule has 0 saturated carbocycles. The molecule has 0 aliphatic carbocycles. The van der Waals surface area contributed by atoms with Crippen LogP contribution in [0.2, 0.25) is 6.04 Å². The first-order valence-electron chi connectivity index (χ1n) is 10.1. The standard InChI is InChI=1S/C26H28O2Si/c1-22(2)26(27)28-20-12-13-21-29(23-14-6-3-7-15-23,24-16-8-4-9-17-24)25-18-10-5-11-19-25/h3-11,14-19H,1,12-13,20-21H2,2H3. The lowest BCUT2D eigenvalue weighted by molar-refractivity contribution is -0.139. The molecule has 148 valence electrons. The van der Waals surface area contributed by atoms with E-state index >= 15 is 0 Å². The molecule has 0 radical (unpaired) electrons. The zero-order valence-electron chi connectivity index (χ0n) is 17.0. The fourth-order valence-corrected chi connectivity index (χ4v) is 8.81. The summed E-state index contributed by atoms with van der Waals surface area (Å²) in [5, 5.41) is 4.24. The van der Waals surface area contributed by atoms with Crippen LogP contribution in [0, 0.1) is 0 Å². The Labute approximate surface area is 174 Å². The van der Waals surface area contributed by atoms with Crippen LogP contribution in [-0.2, 0) is 9.53 Å². The van der Waals surface area contributed by atoms with Crippen LogP contribution in [0.15, 0.2) is 103 Å². The van der Waals surface area contributed by atoms with E-state index in [4.69, 9.17) is 4.74 Å². The van der Waals surface area contributed by atoms with Crippen molar-refractivity contribution in [1.82, 2.24) is 0 Å². The van der Waals surface area contributed by atoms with Crippen LogP contribution >= 0.6 is 0 Å². The summed E-state index contributed by atoms with van der Waals surface area (Å²) in [7, 11) is -2.18. The van der Waals surface area contributed by atoms with E-state index in [1.807, 2.05) is 0 Å². The van der Waals surface area contributed by atoms with Crippen molar-refractivity contribution >= 4 is 29.6 Å². The predicted octanol–water partition coefficient (Wildman–Crippen LogP) is 4.06. The fraction of sp³-hybridized carbons (Fsp3) is 0.192. The largest absolute Gasteiger partial charge is 0.462 e. The number of rotatable bonds is 9. The molecule has 0 aromatic heterocycles. The Hall–Kier alpha value is -2.91. The highest BCUT2D eigenvalue weighted by molar-refractivity contribution is 7.11. The van der Waals surface area contributed by atoms with Crippen LogP contribution in [0.3, 0.4) is 0 Å². The zero-order valence-corrected chi connectivity index (χ0v) is 18.0. The van der Waals surface area contributed by atoms with E-state index in [-0.39, 0.29) is 5.97 Å². The zero-order chi connectivity index (χ0) is 20.5. The maximum Gasteiger partial charge on any atom is 0.333 e. The van der Waals surface area contributed by atoms with Crippen LogP contribution < -0.4 is 15.6 Å². The second-order valence-corrected chi connectivity index (χ2v) is 11.4. The number of hydrogen-bond donors (Lipinski definition) is 0. The van der Waals surface area contributed by atoms with Gasteiger partial charge in [0, 0.05) is 5.57 Å². The summed E-state index contributed by atoms with van der Waals surface area (Å²) in [5.41, 5.74) is 0.451. The average Bonchev–Trinajstić information content (AvgIpc) is 2.78. The molecule has 0 bridgehead atoms. The maximum absolute atomic E-state index is 11.7. The summed E-state index contributed by atoms with van der Waals surface area (Å²) in [5.74, 6) is -0.303. The highest BCUT2D eigenvalue weighted by Gasteiger charge is 2.38. The van der Waals surface area contributed by atoms with Crippen LogP contribution in [0.4, 0.5) is 0 Å². The van der Waals surface area contributed by atoms with Gasteiger partial charge in [0.1, 0.15) is 8.07 Å². The first-order chi connectivity index (χ1) is 14.1. The molecule has 3 aromatic carbocycles. The van der Waals surface area contributed by atoms with Gasteiger partial charge in [0.15, 0.2) is 0 Å². The van der Waals surface area contributed by atoms with Crippen molar-refractivity contribution in [1.29, 1.82) is 0 Å². The van der Waals surface area contributed by atoms with Gasteiger partial charge in [-0.15, -0.1) is 0 Å². The van der Waals surface area contributed by atoms with Gasteiger partial charge in [-0.05, 0) is 34.9 Å². The number of esters is 1. The van der Waals surface area contributed by atoms with E-state index in [1.165, 1.54) is 15.6 Å². The maximum atomic E-state index is 11.7. The quantitative estimate of drug-likeness (QED) is 0.178. The Morgan fingerprint density at radius 3 is 1.55 bits per heavy atom. The Kier molecular flexibility index (Phi) is 7.20. The highest BCUT2D eigenvalue weighted by atomic mass is 28.3. The van der Waals surface area contributed by atoms with Crippen molar-refractivity contribution in [3.05, 3.63) is 103 Å². The first-order valence-corrected chi connectivity index (χ1v) is 12.3. The molecule has 0 aliphatic heterocycles. The third kappa shape index (κ3) is 4.93. The number of ether oxygens (including phenoxy) is 1. The molecule has 0 spiro atoms. The van der Waals surface area contributed by atoms with E-state index in [9.17, 15) is 4.79 Å². The molecule has 0 amide bonds. The Bertz CT molecular complexity index is 824. The van der Waals surface area contributed by atoms with E-state index < -0.39 is 8.07 Å². The number of unbranched alkanes of at least 4 members (excludes halogenated alkanes) is 1. The monoisotopic (exact) mass is 400 g/mol. The SMILES string of the molecule is C=C(C)C(=O)OCCCC[Si](c1ccccc1)(c1ccccc1)c1ccccc1. The molecule has 3 rings (SSSR count). The average molecular weight is 401 g/mol. The smallest absolute Gasteiger partial charge is 0.333 e. The van der Waals surface area contributed by atoms with Gasteiger partial charge in [-0.1, -0.05) is 104 Å². The van der Waals surface area contributed by atoms with Gasteiger partial charge in [0.25, 0.3) is 0 Å². The van der Waals surface area contributed by atoms with Crippen molar-refractivity contribution in [2.75, 3.05) is 6.61 Å². The molecular formula is C26H28O2Si. The van der Waals surface area contributed by atoms with Crippen molar-refractivity contribution < 1.29 is 9.53 Å². The van der Waals surface area contributed by atoms with Crippen LogP contribution in [-0.4, -0.2) is 20.7 Å². The summed E-state index contributed by atoms with van der Waals surface area (Å²) in [6.07, 6.45) is 1.84. The molecule has 0 fully saturated rings. The molecule has 2 nitrogen and oxygen atoms in total. The van der Waals surface area contributed by atoms with Gasteiger partial charge in [-0.3, -0.25) is 0 Å². The summed E-state index contributed by atoms with van der Waals surface area (Å²) in [6.45, 7) is 5.76. The molecule has 0 unspecified atom stereocenters. The van der Waals surface area contributed by atoms with E-state index in [1.54, 1.807) is 6.92 Å². The first kappa shape index (κ1) is 20.8. The van der Waals surface area contributed by atoms with Crippen LogP contribution in [0.1, 0.15) is 19.8 Å². The second kappa shape index (κ2) is 10.0. The Balaban J connectivity index is 1.93. The number of hydrogen-bond acceptors (Lipinski definition) is 2. The van der Waals surface area contributed by atoms with E-state index in [0.717, 1.165) is 18.9 Å². The molecule has 0 N–H and O–H groups in total. The van der Waals surface area contributed by atoms with Crippen LogP contribution in [0.25, 0.3) is 0 Å². The molecule has 0 atom stereocenters. The van der Waals surface area contributed by atoms with Gasteiger partial charge in [0.05, 0.1) is 6.61 Å². The summed E-state index contributed by atoms with van der Waals surface area (Å²) >= 11 is 0. The Morgan fingerprint density at radius 2 is 1.17 bits per heavy atom. The normalized spacial score (nSPS) is 11.1. The second-order valence-electron chi connectivity index (χ2n) is 7.38. The summed E-state index contributed by atoms with van der Waals surface area (Å²) in [6, 6.07) is 33.7. The van der Waals surface area contributed by atoms with Crippen molar-refractivity contribution in [2.45, 2.75) is 25.8 Å². The van der Waals surface area contributed by atoms with Crippen molar-refractivity contribution in [2.24, 2.45) is 0 Å². The minimum Gasteiger partial charge on any atom is -0.462 e. The number of benzene rings is 3. The van der Waals surface area contributed by atoms with Gasteiger partial charge in [-0.2, -0.15) is 0 Å². The molecule has 3 heteroatoms.